The number of ether oxygens (including phenoxy) is 1. The lowest BCUT2D eigenvalue weighted by Crippen LogP contribution is -2.33. The summed E-state index contributed by atoms with van der Waals surface area (Å²) in [6, 6.07) is 0. The minimum absolute atomic E-state index is 0.193. The first-order valence-corrected chi connectivity index (χ1v) is 4.17. The average Bonchev–Trinajstić information content (AvgIpc) is 1.97. The van der Waals surface area contributed by atoms with Crippen molar-refractivity contribution in [3.8, 4) is 0 Å². The van der Waals surface area contributed by atoms with Crippen LogP contribution in [0.2, 0.25) is 0 Å². The van der Waals surface area contributed by atoms with Gasteiger partial charge in [0.15, 0.2) is 6.61 Å². The molecule has 0 N–H and O–H groups in total. The molecule has 0 aliphatic rings. The maximum atomic E-state index is 11.6. The van der Waals surface area contributed by atoms with E-state index in [0.717, 1.165) is 4.90 Å². The van der Waals surface area contributed by atoms with E-state index in [4.69, 9.17) is 0 Å². The molecule has 14 heavy (non-hydrogen) atoms. The summed E-state index contributed by atoms with van der Waals surface area (Å²) in [4.78, 5) is 12.1. The van der Waals surface area contributed by atoms with Crippen LogP contribution in [0.1, 0.15) is 13.8 Å². The topological polar surface area (TPSA) is 29.5 Å². The fourth-order valence-electron chi connectivity index (χ4n) is 0.876. The molecule has 0 rings (SSSR count). The second-order valence-electron chi connectivity index (χ2n) is 3.44. The highest BCUT2D eigenvalue weighted by atomic mass is 19.4. The minimum Gasteiger partial charge on any atom is -0.440 e. The van der Waals surface area contributed by atoms with E-state index in [1.165, 1.54) is 7.05 Å². The van der Waals surface area contributed by atoms with Crippen molar-refractivity contribution < 1.29 is 22.7 Å². The predicted octanol–water partition coefficient (Wildman–Crippen LogP) is 2.27. The summed E-state index contributed by atoms with van der Waals surface area (Å²) in [5.74, 6) is 0.193. The van der Waals surface area contributed by atoms with E-state index in [9.17, 15) is 18.0 Å². The van der Waals surface area contributed by atoms with Crippen LogP contribution in [-0.2, 0) is 4.74 Å². The average molecular weight is 213 g/mol. The number of rotatable bonds is 3. The van der Waals surface area contributed by atoms with Crippen LogP contribution in [0.3, 0.4) is 0 Å². The molecule has 0 saturated heterocycles. The van der Waals surface area contributed by atoms with Gasteiger partial charge in [0.1, 0.15) is 0 Å². The number of carbonyl (C=O) groups excluding carboxylic acids is 1. The van der Waals surface area contributed by atoms with Gasteiger partial charge in [-0.3, -0.25) is 0 Å². The molecule has 3 nitrogen and oxygen atoms in total. The molecule has 0 fully saturated rings. The Kier molecular flexibility index (Phi) is 4.73. The van der Waals surface area contributed by atoms with Crippen LogP contribution in [0.25, 0.3) is 0 Å². The van der Waals surface area contributed by atoms with Crippen LogP contribution < -0.4 is 0 Å². The number of hydrogen-bond acceptors (Lipinski definition) is 2. The van der Waals surface area contributed by atoms with Gasteiger partial charge in [0.05, 0.1) is 0 Å². The third kappa shape index (κ3) is 6.56. The van der Waals surface area contributed by atoms with Gasteiger partial charge in [0, 0.05) is 13.6 Å². The summed E-state index contributed by atoms with van der Waals surface area (Å²) < 4.78 is 39.0. The second kappa shape index (κ2) is 5.07. The molecule has 0 unspecified atom stereocenters. The molecule has 0 bridgehead atoms. The predicted molar refractivity (Wildman–Crippen MR) is 44.9 cm³/mol. The van der Waals surface area contributed by atoms with Crippen LogP contribution in [-0.4, -0.2) is 37.4 Å². The standard InChI is InChI=1S/C8H14F3NO2/c1-6(2)4-12(3)7(13)14-5-8(9,10)11/h6H,4-5H2,1-3H3. The van der Waals surface area contributed by atoms with Gasteiger partial charge in [-0.15, -0.1) is 0 Å². The fraction of sp³-hybridized carbons (Fsp3) is 0.875. The van der Waals surface area contributed by atoms with Crippen molar-refractivity contribution in [1.29, 1.82) is 0 Å². The molecule has 0 spiro atoms. The van der Waals surface area contributed by atoms with E-state index < -0.39 is 18.9 Å². The summed E-state index contributed by atoms with van der Waals surface area (Å²) in [6.07, 6.45) is -5.41. The zero-order valence-corrected chi connectivity index (χ0v) is 8.39. The number of alkyl halides is 3. The molecule has 6 heteroatoms. The lowest BCUT2D eigenvalue weighted by molar-refractivity contribution is -0.162. The lowest BCUT2D eigenvalue weighted by atomic mass is 10.2. The van der Waals surface area contributed by atoms with Gasteiger partial charge in [0.2, 0.25) is 0 Å². The molecule has 0 aliphatic carbocycles. The summed E-state index contributed by atoms with van der Waals surface area (Å²) in [6.45, 7) is 2.55. The van der Waals surface area contributed by atoms with Gasteiger partial charge in [-0.2, -0.15) is 13.2 Å². The van der Waals surface area contributed by atoms with Gasteiger partial charge in [0.25, 0.3) is 0 Å². The van der Waals surface area contributed by atoms with E-state index >= 15 is 0 Å². The summed E-state index contributed by atoms with van der Waals surface area (Å²) >= 11 is 0. The first kappa shape index (κ1) is 13.1. The van der Waals surface area contributed by atoms with Crippen LogP contribution in [0, 0.1) is 5.92 Å². The van der Waals surface area contributed by atoms with Crippen molar-refractivity contribution in [3.63, 3.8) is 0 Å². The largest absolute Gasteiger partial charge is 0.440 e. The Hall–Kier alpha value is -0.940. The van der Waals surface area contributed by atoms with Crippen molar-refractivity contribution in [2.24, 2.45) is 5.92 Å². The Bertz CT molecular complexity index is 192. The Morgan fingerprint density at radius 3 is 2.29 bits per heavy atom. The van der Waals surface area contributed by atoms with E-state index in [1.807, 2.05) is 13.8 Å². The molecule has 0 saturated carbocycles. The first-order chi connectivity index (χ1) is 6.22. The second-order valence-corrected chi connectivity index (χ2v) is 3.44. The highest BCUT2D eigenvalue weighted by Crippen LogP contribution is 2.15. The van der Waals surface area contributed by atoms with E-state index in [1.54, 1.807) is 0 Å². The van der Waals surface area contributed by atoms with Crippen molar-refractivity contribution in [2.75, 3.05) is 20.2 Å². The smallest absolute Gasteiger partial charge is 0.422 e. The molecule has 0 aromatic rings. The summed E-state index contributed by atoms with van der Waals surface area (Å²) in [7, 11) is 1.40. The van der Waals surface area contributed by atoms with Gasteiger partial charge in [-0.05, 0) is 5.92 Å². The Balaban J connectivity index is 3.85. The van der Waals surface area contributed by atoms with Gasteiger partial charge in [-0.25, -0.2) is 4.79 Å². The number of nitrogens with zero attached hydrogens (tertiary/aromatic N) is 1. The van der Waals surface area contributed by atoms with E-state index in [2.05, 4.69) is 4.74 Å². The molecule has 84 valence electrons. The number of carbonyl (C=O) groups is 1. The van der Waals surface area contributed by atoms with Crippen LogP contribution in [0.4, 0.5) is 18.0 Å². The normalized spacial score (nSPS) is 11.6. The van der Waals surface area contributed by atoms with E-state index in [0.29, 0.717) is 6.54 Å². The number of halogens is 3. The Morgan fingerprint density at radius 1 is 1.43 bits per heavy atom. The van der Waals surface area contributed by atoms with Gasteiger partial charge in [-0.1, -0.05) is 13.8 Å². The van der Waals surface area contributed by atoms with Crippen molar-refractivity contribution in [2.45, 2.75) is 20.0 Å². The molecule has 0 aliphatic heterocycles. The molecule has 0 heterocycles. The number of amides is 1. The SMILES string of the molecule is CC(C)CN(C)C(=O)OCC(F)(F)F. The molecule has 0 aromatic carbocycles. The van der Waals surface area contributed by atoms with E-state index in [-0.39, 0.29) is 5.92 Å². The molecule has 1 amide bonds. The Labute approximate surface area is 80.8 Å². The molecular formula is C8H14F3NO2. The zero-order chi connectivity index (χ0) is 11.4. The summed E-state index contributed by atoms with van der Waals surface area (Å²) in [5.41, 5.74) is 0. The monoisotopic (exact) mass is 213 g/mol. The van der Waals surface area contributed by atoms with Crippen molar-refractivity contribution in [3.05, 3.63) is 0 Å². The third-order valence-corrected chi connectivity index (χ3v) is 1.31. The van der Waals surface area contributed by atoms with Gasteiger partial charge >= 0.3 is 12.3 Å². The molecule has 0 atom stereocenters. The number of hydrogen-bond donors (Lipinski definition) is 0. The van der Waals surface area contributed by atoms with Crippen LogP contribution >= 0.6 is 0 Å². The highest BCUT2D eigenvalue weighted by molar-refractivity contribution is 5.67. The molecule has 0 aromatic heterocycles. The Morgan fingerprint density at radius 2 is 1.93 bits per heavy atom. The zero-order valence-electron chi connectivity index (χ0n) is 8.39. The molecule has 0 radical (unpaired) electrons. The fourth-order valence-corrected chi connectivity index (χ4v) is 0.876. The van der Waals surface area contributed by atoms with Crippen LogP contribution in [0.15, 0.2) is 0 Å². The third-order valence-electron chi connectivity index (χ3n) is 1.31. The maximum Gasteiger partial charge on any atom is 0.422 e. The summed E-state index contributed by atoms with van der Waals surface area (Å²) in [5, 5.41) is 0. The lowest BCUT2D eigenvalue weighted by Gasteiger charge is -2.19. The first-order valence-electron chi connectivity index (χ1n) is 4.17. The minimum atomic E-state index is -4.46. The maximum absolute atomic E-state index is 11.6. The quantitative estimate of drug-likeness (QED) is 0.719. The molecular weight excluding hydrogens is 199 g/mol. The van der Waals surface area contributed by atoms with Crippen LogP contribution in [0.5, 0.6) is 0 Å². The van der Waals surface area contributed by atoms with Crippen molar-refractivity contribution >= 4 is 6.09 Å². The van der Waals surface area contributed by atoms with Crippen molar-refractivity contribution in [1.82, 2.24) is 4.90 Å². The van der Waals surface area contributed by atoms with Gasteiger partial charge < -0.3 is 9.64 Å². The highest BCUT2D eigenvalue weighted by Gasteiger charge is 2.30.